The Kier molecular flexibility index (Phi) is 31.9. The van der Waals surface area contributed by atoms with Crippen LogP contribution in [0.5, 0.6) is 0 Å². The van der Waals surface area contributed by atoms with Gasteiger partial charge in [-0.15, -0.1) is 0 Å². The predicted molar refractivity (Wildman–Crippen MR) is 202 cm³/mol. The van der Waals surface area contributed by atoms with E-state index >= 15 is 0 Å². The number of hydrogen-bond donors (Lipinski definition) is 4. The van der Waals surface area contributed by atoms with E-state index in [-0.39, 0.29) is 19.4 Å². The third-order valence-electron chi connectivity index (χ3n) is 7.44. The topological polar surface area (TPSA) is 169 Å². The summed E-state index contributed by atoms with van der Waals surface area (Å²) in [4.78, 5) is 34.7. The molecule has 4 N–H and O–H groups in total. The Morgan fingerprint density at radius 3 is 2.06 bits per heavy atom. The van der Waals surface area contributed by atoms with E-state index < -0.39 is 57.9 Å². The summed E-state index contributed by atoms with van der Waals surface area (Å²) in [5.74, 6) is -0.318. The van der Waals surface area contributed by atoms with Gasteiger partial charge in [-0.2, -0.15) is 0 Å². The minimum atomic E-state index is -4.64. The van der Waals surface area contributed by atoms with E-state index in [2.05, 4.69) is 37.4 Å². The second kappa shape index (κ2) is 33.5. The van der Waals surface area contributed by atoms with Crippen molar-refractivity contribution in [3.05, 3.63) is 60.8 Å². The van der Waals surface area contributed by atoms with Crippen molar-refractivity contribution < 1.29 is 52.9 Å². The summed E-state index contributed by atoms with van der Waals surface area (Å²) >= 11 is 0. The summed E-state index contributed by atoms with van der Waals surface area (Å²) in [6, 6.07) is 0. The molecule has 0 radical (unpaired) electrons. The molecule has 0 fully saturated rings. The number of rotatable bonds is 33. The number of carbonyl (C=O) groups is 2. The van der Waals surface area contributed by atoms with Crippen molar-refractivity contribution in [1.82, 2.24) is 0 Å². The maximum atomic E-state index is 12.5. The standard InChI is InChI=1S/C39H67O11P/c1-4-5-6-7-16-21-26-35(41)27-22-17-12-8-9-13-18-23-28-38(43)47-32-37(33-49-51(45,46)48-31-36(42)30-40)50-39(44)29-24-19-14-10-11-15-20-25-34(2)3/h5-6,9,12-13,16-17,21-22,27,34-37,40-42H,4,7-8,10-11,14-15,18-20,23-26,28-33H2,1-3H3,(H,45,46)/b6-5-,13-9-,17-12-,21-16-,27-22+/t35?,36-,37+/m0/s1. The summed E-state index contributed by atoms with van der Waals surface area (Å²) < 4.78 is 32.4. The third-order valence-corrected chi connectivity index (χ3v) is 8.40. The van der Waals surface area contributed by atoms with Gasteiger partial charge in [-0.25, -0.2) is 4.57 Å². The maximum absolute atomic E-state index is 12.5. The lowest BCUT2D eigenvalue weighted by Gasteiger charge is -2.20. The second-order valence-corrected chi connectivity index (χ2v) is 14.4. The molecular formula is C39H67O11P. The minimum Gasteiger partial charge on any atom is -0.462 e. The summed E-state index contributed by atoms with van der Waals surface area (Å²) in [6.07, 6.45) is 29.7. The predicted octanol–water partition coefficient (Wildman–Crippen LogP) is 7.99. The Morgan fingerprint density at radius 2 is 1.35 bits per heavy atom. The molecule has 0 amide bonds. The molecule has 11 nitrogen and oxygen atoms in total. The zero-order valence-corrected chi connectivity index (χ0v) is 32.2. The molecular weight excluding hydrogens is 675 g/mol. The highest BCUT2D eigenvalue weighted by atomic mass is 31.2. The van der Waals surface area contributed by atoms with E-state index in [9.17, 15) is 29.3 Å². The molecule has 0 heterocycles. The van der Waals surface area contributed by atoms with Crippen molar-refractivity contribution in [2.75, 3.05) is 26.4 Å². The summed E-state index contributed by atoms with van der Waals surface area (Å²) in [5.41, 5.74) is 0. The van der Waals surface area contributed by atoms with Crippen LogP contribution in [0, 0.1) is 5.92 Å². The van der Waals surface area contributed by atoms with Crippen LogP contribution >= 0.6 is 7.82 Å². The summed E-state index contributed by atoms with van der Waals surface area (Å²) in [7, 11) is -4.64. The lowest BCUT2D eigenvalue weighted by molar-refractivity contribution is -0.161. The Balaban J connectivity index is 4.54. The van der Waals surface area contributed by atoms with Gasteiger partial charge in [0.25, 0.3) is 0 Å². The van der Waals surface area contributed by atoms with Crippen LogP contribution in [0.15, 0.2) is 60.8 Å². The first-order chi connectivity index (χ1) is 24.5. The van der Waals surface area contributed by atoms with Gasteiger partial charge in [0.2, 0.25) is 0 Å². The number of phosphoric ester groups is 1. The molecule has 2 unspecified atom stereocenters. The van der Waals surface area contributed by atoms with E-state index in [1.807, 2.05) is 42.5 Å². The van der Waals surface area contributed by atoms with Gasteiger partial charge in [-0.1, -0.05) is 126 Å². The second-order valence-electron chi connectivity index (χ2n) is 12.9. The molecule has 0 saturated heterocycles. The minimum absolute atomic E-state index is 0.129. The fourth-order valence-corrected chi connectivity index (χ4v) is 5.32. The number of unbranched alkanes of at least 4 members (excludes halogenated alkanes) is 7. The van der Waals surface area contributed by atoms with Gasteiger partial charge < -0.3 is 29.7 Å². The molecule has 51 heavy (non-hydrogen) atoms. The molecule has 0 saturated carbocycles. The Labute approximate surface area is 307 Å². The van der Waals surface area contributed by atoms with Crippen molar-refractivity contribution >= 4 is 19.8 Å². The van der Waals surface area contributed by atoms with Gasteiger partial charge in [-0.05, 0) is 50.9 Å². The van der Waals surface area contributed by atoms with Crippen molar-refractivity contribution in [3.8, 4) is 0 Å². The van der Waals surface area contributed by atoms with E-state index in [0.29, 0.717) is 32.1 Å². The summed E-state index contributed by atoms with van der Waals surface area (Å²) in [6.45, 7) is 4.31. The van der Waals surface area contributed by atoms with Gasteiger partial charge in [0, 0.05) is 12.8 Å². The van der Waals surface area contributed by atoms with Crippen LogP contribution in [0.1, 0.15) is 124 Å². The van der Waals surface area contributed by atoms with Gasteiger partial charge in [0.05, 0.1) is 25.9 Å². The number of aliphatic hydroxyl groups excluding tert-OH is 3. The number of esters is 2. The molecule has 12 heteroatoms. The quantitative estimate of drug-likeness (QED) is 0.0169. The highest BCUT2D eigenvalue weighted by molar-refractivity contribution is 7.47. The maximum Gasteiger partial charge on any atom is 0.472 e. The first kappa shape index (κ1) is 48.6. The number of allylic oxidation sites excluding steroid dienone is 8. The number of hydrogen-bond acceptors (Lipinski definition) is 10. The van der Waals surface area contributed by atoms with Crippen molar-refractivity contribution in [3.63, 3.8) is 0 Å². The van der Waals surface area contributed by atoms with Crippen LogP contribution in [0.2, 0.25) is 0 Å². The average molecular weight is 743 g/mol. The molecule has 294 valence electrons. The Hall–Kier alpha value is -2.37. The SMILES string of the molecule is CC/C=C\C/C=C\CC(O)/C=C/C=C\C/C=C\CCCC(=O)OC[C@H](COP(=O)(O)OC[C@@H](O)CO)OC(=O)CCCCCCCCCC(C)C. The molecule has 0 spiro atoms. The van der Waals surface area contributed by atoms with Crippen molar-refractivity contribution in [2.45, 2.75) is 142 Å². The van der Waals surface area contributed by atoms with Gasteiger partial charge in [-0.3, -0.25) is 18.6 Å². The molecule has 0 aliphatic rings. The zero-order chi connectivity index (χ0) is 38.0. The molecule has 0 aromatic carbocycles. The number of ether oxygens (including phenoxy) is 2. The van der Waals surface area contributed by atoms with Crippen LogP contribution in [-0.4, -0.2) is 76.9 Å². The van der Waals surface area contributed by atoms with Crippen LogP contribution < -0.4 is 0 Å². The van der Waals surface area contributed by atoms with E-state index in [4.69, 9.17) is 19.1 Å². The zero-order valence-electron chi connectivity index (χ0n) is 31.3. The Bertz CT molecular complexity index is 1070. The first-order valence-electron chi connectivity index (χ1n) is 18.7. The highest BCUT2D eigenvalue weighted by Gasteiger charge is 2.27. The molecule has 0 rings (SSSR count). The van der Waals surface area contributed by atoms with Crippen LogP contribution in [0.25, 0.3) is 0 Å². The normalized spacial score (nSPS) is 15.5. The lowest BCUT2D eigenvalue weighted by atomic mass is 10.0. The molecule has 0 aliphatic carbocycles. The number of aliphatic hydroxyl groups is 3. The first-order valence-corrected chi connectivity index (χ1v) is 20.2. The van der Waals surface area contributed by atoms with E-state index in [1.165, 1.54) is 25.7 Å². The molecule has 0 bridgehead atoms. The van der Waals surface area contributed by atoms with E-state index in [1.54, 1.807) is 6.08 Å². The molecule has 0 aliphatic heterocycles. The number of carbonyl (C=O) groups excluding carboxylic acids is 2. The van der Waals surface area contributed by atoms with Crippen LogP contribution in [-0.2, 0) is 32.7 Å². The Morgan fingerprint density at radius 1 is 0.725 bits per heavy atom. The third kappa shape index (κ3) is 34.5. The largest absolute Gasteiger partial charge is 0.472 e. The van der Waals surface area contributed by atoms with Gasteiger partial charge in [0.1, 0.15) is 12.7 Å². The van der Waals surface area contributed by atoms with Crippen molar-refractivity contribution in [2.24, 2.45) is 5.92 Å². The average Bonchev–Trinajstić information content (AvgIpc) is 3.09. The van der Waals surface area contributed by atoms with Gasteiger partial charge >= 0.3 is 19.8 Å². The molecule has 0 aromatic rings. The number of phosphoric acid groups is 1. The van der Waals surface area contributed by atoms with E-state index in [0.717, 1.165) is 38.0 Å². The fourth-order valence-electron chi connectivity index (χ4n) is 4.53. The molecule has 4 atom stereocenters. The fraction of sp³-hybridized carbons (Fsp3) is 0.692. The monoisotopic (exact) mass is 742 g/mol. The van der Waals surface area contributed by atoms with Crippen LogP contribution in [0.4, 0.5) is 0 Å². The van der Waals surface area contributed by atoms with Gasteiger partial charge in [0.15, 0.2) is 6.10 Å². The van der Waals surface area contributed by atoms with Crippen LogP contribution in [0.3, 0.4) is 0 Å². The summed E-state index contributed by atoms with van der Waals surface area (Å²) in [5, 5.41) is 28.2. The lowest BCUT2D eigenvalue weighted by Crippen LogP contribution is -2.29. The smallest absolute Gasteiger partial charge is 0.462 e. The molecule has 0 aromatic heterocycles. The van der Waals surface area contributed by atoms with Crippen molar-refractivity contribution in [1.29, 1.82) is 0 Å². The highest BCUT2D eigenvalue weighted by Crippen LogP contribution is 2.43.